The van der Waals surface area contributed by atoms with Gasteiger partial charge in [0.25, 0.3) is 5.91 Å². The molecule has 0 N–H and O–H groups in total. The largest absolute Gasteiger partial charge is 0.337 e. The van der Waals surface area contributed by atoms with Crippen LogP contribution in [0.2, 0.25) is 0 Å². The lowest BCUT2D eigenvalue weighted by Gasteiger charge is -2.22. The van der Waals surface area contributed by atoms with Crippen LogP contribution in [0.15, 0.2) is 35.5 Å². The number of carbonyl (C=O) groups is 1. The van der Waals surface area contributed by atoms with E-state index in [0.717, 1.165) is 6.07 Å². The molecule has 0 radical (unpaired) electrons. The third-order valence-electron chi connectivity index (χ3n) is 4.71. The molecule has 2 aromatic rings. The minimum absolute atomic E-state index is 0.0218. The molecular formula is C18H23FN4O3S. The predicted octanol–water partition coefficient (Wildman–Crippen LogP) is 1.89. The fraction of sp³-hybridized carbons (Fsp3) is 0.444. The molecule has 3 rings (SSSR count). The summed E-state index contributed by atoms with van der Waals surface area (Å²) in [7, 11) is -3.81. The first kappa shape index (κ1) is 19.5. The summed E-state index contributed by atoms with van der Waals surface area (Å²) in [5.41, 5.74) is 0.995. The summed E-state index contributed by atoms with van der Waals surface area (Å²) in [5, 5.41) is 4.11. The predicted molar refractivity (Wildman–Crippen MR) is 98.3 cm³/mol. The number of aryl methyl sites for hydroxylation is 2. The molecule has 9 heteroatoms. The second-order valence-corrected chi connectivity index (χ2v) is 8.45. The third kappa shape index (κ3) is 4.03. The summed E-state index contributed by atoms with van der Waals surface area (Å²) in [4.78, 5) is 14.3. The van der Waals surface area contributed by atoms with Gasteiger partial charge in [0.2, 0.25) is 10.0 Å². The Kier molecular flexibility index (Phi) is 5.61. The van der Waals surface area contributed by atoms with E-state index in [1.165, 1.54) is 22.6 Å². The van der Waals surface area contributed by atoms with Gasteiger partial charge in [-0.05, 0) is 38.0 Å². The molecular weight excluding hydrogens is 371 g/mol. The maximum atomic E-state index is 13.6. The first-order valence-corrected chi connectivity index (χ1v) is 10.3. The van der Waals surface area contributed by atoms with Crippen molar-refractivity contribution in [3.8, 4) is 0 Å². The van der Waals surface area contributed by atoms with Gasteiger partial charge in [-0.2, -0.15) is 9.40 Å². The van der Waals surface area contributed by atoms with Gasteiger partial charge < -0.3 is 4.90 Å². The molecule has 1 fully saturated rings. The van der Waals surface area contributed by atoms with Crippen molar-refractivity contribution in [1.82, 2.24) is 19.0 Å². The molecule has 1 aromatic heterocycles. The summed E-state index contributed by atoms with van der Waals surface area (Å²) < 4.78 is 42.5. The smallest absolute Gasteiger partial charge is 0.257 e. The highest BCUT2D eigenvalue weighted by Gasteiger charge is 2.30. The van der Waals surface area contributed by atoms with Gasteiger partial charge in [0.15, 0.2) is 0 Å². The standard InChI is InChI=1S/C18H23FN4O3S/c1-3-22-13-15(12-20-22)18(24)21-7-4-8-23(10-9-21)27(25,26)17-11-16(19)6-5-14(17)2/h5-6,11-13H,3-4,7-10H2,1-2H3. The first-order valence-electron chi connectivity index (χ1n) is 8.91. The van der Waals surface area contributed by atoms with Crippen LogP contribution in [0, 0.1) is 12.7 Å². The molecule has 1 amide bonds. The number of carbonyl (C=O) groups excluding carboxylic acids is 1. The molecule has 2 heterocycles. The Hall–Kier alpha value is -2.26. The van der Waals surface area contributed by atoms with E-state index in [0.29, 0.717) is 30.6 Å². The Morgan fingerprint density at radius 2 is 2.00 bits per heavy atom. The topological polar surface area (TPSA) is 75.5 Å². The summed E-state index contributed by atoms with van der Waals surface area (Å²) in [6.45, 7) is 5.46. The summed E-state index contributed by atoms with van der Waals surface area (Å²) in [6.07, 6.45) is 3.74. The zero-order chi connectivity index (χ0) is 19.6. The number of aromatic nitrogens is 2. The van der Waals surface area contributed by atoms with Gasteiger partial charge in [0.05, 0.1) is 16.7 Å². The number of sulfonamides is 1. The second kappa shape index (κ2) is 7.77. The molecule has 1 aromatic carbocycles. The van der Waals surface area contributed by atoms with Gasteiger partial charge in [-0.25, -0.2) is 12.8 Å². The van der Waals surface area contributed by atoms with Crippen LogP contribution in [0.1, 0.15) is 29.3 Å². The SMILES string of the molecule is CCn1cc(C(=O)N2CCCN(S(=O)(=O)c3cc(F)ccc3C)CC2)cn1. The average molecular weight is 394 g/mol. The van der Waals surface area contributed by atoms with Crippen LogP contribution in [0.3, 0.4) is 0 Å². The van der Waals surface area contributed by atoms with E-state index in [1.54, 1.807) is 22.7 Å². The second-order valence-electron chi connectivity index (χ2n) is 6.54. The van der Waals surface area contributed by atoms with Gasteiger partial charge in [-0.15, -0.1) is 0 Å². The van der Waals surface area contributed by atoms with E-state index in [1.807, 2.05) is 6.92 Å². The van der Waals surface area contributed by atoms with E-state index in [2.05, 4.69) is 5.10 Å². The molecule has 1 saturated heterocycles. The lowest BCUT2D eigenvalue weighted by molar-refractivity contribution is 0.0764. The van der Waals surface area contributed by atoms with Crippen molar-refractivity contribution in [1.29, 1.82) is 0 Å². The van der Waals surface area contributed by atoms with Crippen LogP contribution >= 0.6 is 0 Å². The van der Waals surface area contributed by atoms with Gasteiger partial charge in [-0.1, -0.05) is 6.07 Å². The summed E-state index contributed by atoms with van der Waals surface area (Å²) in [5.74, 6) is -0.741. The van der Waals surface area contributed by atoms with Crippen molar-refractivity contribution < 1.29 is 17.6 Å². The van der Waals surface area contributed by atoms with Gasteiger partial charge in [-0.3, -0.25) is 9.48 Å². The molecule has 27 heavy (non-hydrogen) atoms. The monoisotopic (exact) mass is 394 g/mol. The van der Waals surface area contributed by atoms with E-state index in [4.69, 9.17) is 0 Å². The molecule has 0 spiro atoms. The van der Waals surface area contributed by atoms with Crippen LogP contribution in [0.4, 0.5) is 4.39 Å². The molecule has 7 nitrogen and oxygen atoms in total. The number of hydrogen-bond donors (Lipinski definition) is 0. The lowest BCUT2D eigenvalue weighted by Crippen LogP contribution is -2.37. The fourth-order valence-corrected chi connectivity index (χ4v) is 4.86. The number of halogens is 1. The van der Waals surface area contributed by atoms with Crippen LogP contribution in [0.25, 0.3) is 0 Å². The molecule has 1 aliphatic heterocycles. The van der Waals surface area contributed by atoms with Crippen LogP contribution in [-0.2, 0) is 16.6 Å². The van der Waals surface area contributed by atoms with Crippen LogP contribution in [0.5, 0.6) is 0 Å². The maximum Gasteiger partial charge on any atom is 0.257 e. The summed E-state index contributed by atoms with van der Waals surface area (Å²) >= 11 is 0. The number of hydrogen-bond acceptors (Lipinski definition) is 4. The fourth-order valence-electron chi connectivity index (χ4n) is 3.16. The number of rotatable bonds is 4. The molecule has 1 aliphatic rings. The highest BCUT2D eigenvalue weighted by Crippen LogP contribution is 2.22. The normalized spacial score (nSPS) is 16.3. The van der Waals surface area contributed by atoms with Crippen molar-refractivity contribution in [2.45, 2.75) is 31.7 Å². The number of nitrogens with zero attached hydrogens (tertiary/aromatic N) is 4. The van der Waals surface area contributed by atoms with E-state index >= 15 is 0 Å². The Labute approximate surface area is 158 Å². The Balaban J connectivity index is 1.76. The third-order valence-corrected chi connectivity index (χ3v) is 6.75. The number of benzene rings is 1. The van der Waals surface area contributed by atoms with E-state index < -0.39 is 15.8 Å². The quantitative estimate of drug-likeness (QED) is 0.794. The minimum Gasteiger partial charge on any atom is -0.337 e. The van der Waals surface area contributed by atoms with Crippen molar-refractivity contribution in [3.63, 3.8) is 0 Å². The van der Waals surface area contributed by atoms with Gasteiger partial charge in [0, 0.05) is 38.9 Å². The Morgan fingerprint density at radius 3 is 2.70 bits per heavy atom. The zero-order valence-electron chi connectivity index (χ0n) is 15.4. The van der Waals surface area contributed by atoms with Crippen LogP contribution in [-0.4, -0.2) is 59.5 Å². The van der Waals surface area contributed by atoms with Gasteiger partial charge >= 0.3 is 0 Å². The first-order chi connectivity index (χ1) is 12.8. The molecule has 0 saturated carbocycles. The lowest BCUT2D eigenvalue weighted by atomic mass is 10.2. The number of amides is 1. The average Bonchev–Trinajstić information content (AvgIpc) is 2.99. The van der Waals surface area contributed by atoms with Crippen molar-refractivity contribution in [3.05, 3.63) is 47.5 Å². The summed E-state index contributed by atoms with van der Waals surface area (Å²) in [6, 6.07) is 3.76. The molecule has 0 bridgehead atoms. The zero-order valence-corrected chi connectivity index (χ0v) is 16.2. The minimum atomic E-state index is -3.81. The van der Waals surface area contributed by atoms with E-state index in [9.17, 15) is 17.6 Å². The van der Waals surface area contributed by atoms with Gasteiger partial charge in [0.1, 0.15) is 5.82 Å². The van der Waals surface area contributed by atoms with Crippen molar-refractivity contribution in [2.24, 2.45) is 0 Å². The maximum absolute atomic E-state index is 13.6. The molecule has 0 unspecified atom stereocenters. The van der Waals surface area contributed by atoms with Crippen molar-refractivity contribution in [2.75, 3.05) is 26.2 Å². The highest BCUT2D eigenvalue weighted by molar-refractivity contribution is 7.89. The van der Waals surface area contributed by atoms with Crippen LogP contribution < -0.4 is 0 Å². The molecule has 0 aliphatic carbocycles. The Morgan fingerprint density at radius 1 is 1.22 bits per heavy atom. The highest BCUT2D eigenvalue weighted by atomic mass is 32.2. The van der Waals surface area contributed by atoms with Crippen molar-refractivity contribution >= 4 is 15.9 Å². The van der Waals surface area contributed by atoms with E-state index in [-0.39, 0.29) is 30.4 Å². The molecule has 0 atom stereocenters. The Bertz CT molecular complexity index is 942. The molecule has 146 valence electrons.